The summed E-state index contributed by atoms with van der Waals surface area (Å²) in [6.45, 7) is 3.07. The molecule has 1 rings (SSSR count). The Labute approximate surface area is 116 Å². The third-order valence-corrected chi connectivity index (χ3v) is 4.31. The monoisotopic (exact) mass is 303 g/mol. The molecule has 0 aliphatic carbocycles. The minimum Gasteiger partial charge on any atom is -0.480 e. The molecule has 20 heavy (non-hydrogen) atoms. The van der Waals surface area contributed by atoms with Crippen molar-refractivity contribution in [1.29, 1.82) is 0 Å². The van der Waals surface area contributed by atoms with Crippen molar-refractivity contribution in [3.8, 4) is 0 Å². The fourth-order valence-corrected chi connectivity index (χ4v) is 3.01. The molecule has 112 valence electrons. The van der Waals surface area contributed by atoms with Crippen LogP contribution in [-0.2, 0) is 26.0 Å². The Morgan fingerprint density at radius 1 is 1.50 bits per heavy atom. The molecular formula is C11H17N3O5S. The van der Waals surface area contributed by atoms with Gasteiger partial charge in [0, 0.05) is 25.9 Å². The number of aromatic nitrogens is 2. The molecule has 1 aromatic rings. The van der Waals surface area contributed by atoms with E-state index in [9.17, 15) is 18.0 Å². The number of nitrogens with one attached hydrogen (secondary N) is 1. The minimum atomic E-state index is -3.61. The summed E-state index contributed by atoms with van der Waals surface area (Å²) < 4.78 is 25.4. The van der Waals surface area contributed by atoms with Gasteiger partial charge in [-0.1, -0.05) is 0 Å². The lowest BCUT2D eigenvalue weighted by molar-refractivity contribution is -0.140. The van der Waals surface area contributed by atoms with Crippen molar-refractivity contribution in [2.24, 2.45) is 0 Å². The molecule has 0 aromatic carbocycles. The molecule has 9 heteroatoms. The van der Waals surface area contributed by atoms with E-state index in [0.29, 0.717) is 5.82 Å². The highest BCUT2D eigenvalue weighted by Gasteiger charge is 2.25. The lowest BCUT2D eigenvalue weighted by Gasteiger charge is -2.13. The van der Waals surface area contributed by atoms with Gasteiger partial charge in [0.05, 0.1) is 11.5 Å². The predicted molar refractivity (Wildman–Crippen MR) is 70.9 cm³/mol. The Balaban J connectivity index is 2.66. The maximum absolute atomic E-state index is 11.9. The van der Waals surface area contributed by atoms with E-state index in [1.807, 2.05) is 0 Å². The van der Waals surface area contributed by atoms with Crippen LogP contribution in [0.3, 0.4) is 0 Å². The van der Waals surface area contributed by atoms with Gasteiger partial charge >= 0.3 is 5.97 Å². The lowest BCUT2D eigenvalue weighted by atomic mass is 10.3. The first-order valence-corrected chi connectivity index (χ1v) is 7.71. The van der Waals surface area contributed by atoms with Crippen LogP contribution in [0.25, 0.3) is 0 Å². The van der Waals surface area contributed by atoms with Crippen LogP contribution in [0.1, 0.15) is 12.7 Å². The molecule has 1 amide bonds. The molecule has 8 nitrogen and oxygen atoms in total. The Morgan fingerprint density at radius 3 is 2.60 bits per heavy atom. The van der Waals surface area contributed by atoms with Gasteiger partial charge in [-0.3, -0.25) is 4.79 Å². The normalized spacial score (nSPS) is 12.9. The number of imidazole rings is 1. The number of aryl methyl sites for hydroxylation is 2. The predicted octanol–water partition coefficient (Wildman–Crippen LogP) is -0.804. The van der Waals surface area contributed by atoms with Crippen molar-refractivity contribution in [3.05, 3.63) is 18.2 Å². The quantitative estimate of drug-likeness (QED) is 0.680. The van der Waals surface area contributed by atoms with Crippen LogP contribution in [-0.4, -0.2) is 52.5 Å². The number of carbonyl (C=O) groups excluding carboxylic acids is 1. The number of amides is 1. The topological polar surface area (TPSA) is 118 Å². The molecule has 0 saturated carbocycles. The first-order chi connectivity index (χ1) is 9.21. The van der Waals surface area contributed by atoms with Crippen LogP contribution in [0.2, 0.25) is 0 Å². The summed E-state index contributed by atoms with van der Waals surface area (Å²) in [7, 11) is -3.61. The Kier molecular flexibility index (Phi) is 5.26. The minimum absolute atomic E-state index is 0.195. The molecular weight excluding hydrogens is 286 g/mol. The molecule has 1 aromatic heterocycles. The van der Waals surface area contributed by atoms with Crippen LogP contribution in [0.4, 0.5) is 0 Å². The standard InChI is InChI=1S/C11H17N3O5S/c1-8-12-3-4-14(8)5-6-20(18,19)7-10(11(16)17)13-9(2)15/h3-4,10H,5-7H2,1-2H3,(H,13,15)(H,16,17)/t10-/m0/s1. The first-order valence-electron chi connectivity index (χ1n) is 5.89. The smallest absolute Gasteiger partial charge is 0.327 e. The average molecular weight is 303 g/mol. The molecule has 0 fully saturated rings. The van der Waals surface area contributed by atoms with Crippen molar-refractivity contribution < 1.29 is 23.1 Å². The largest absolute Gasteiger partial charge is 0.480 e. The average Bonchev–Trinajstić information content (AvgIpc) is 2.70. The summed E-state index contributed by atoms with van der Waals surface area (Å²) in [6.07, 6.45) is 3.20. The van der Waals surface area contributed by atoms with Crippen molar-refractivity contribution in [3.63, 3.8) is 0 Å². The maximum Gasteiger partial charge on any atom is 0.327 e. The summed E-state index contributed by atoms with van der Waals surface area (Å²) in [6, 6.07) is -1.43. The highest BCUT2D eigenvalue weighted by atomic mass is 32.2. The van der Waals surface area contributed by atoms with Gasteiger partial charge in [-0.25, -0.2) is 18.2 Å². The first kappa shape index (κ1) is 16.2. The third kappa shape index (κ3) is 5.00. The lowest BCUT2D eigenvalue weighted by Crippen LogP contribution is -2.45. The molecule has 1 atom stereocenters. The van der Waals surface area contributed by atoms with Crippen molar-refractivity contribution in [2.45, 2.75) is 26.4 Å². The van der Waals surface area contributed by atoms with E-state index in [-0.39, 0.29) is 12.3 Å². The summed E-state index contributed by atoms with van der Waals surface area (Å²) in [4.78, 5) is 25.7. The van der Waals surface area contributed by atoms with Crippen molar-refractivity contribution in [1.82, 2.24) is 14.9 Å². The summed E-state index contributed by atoms with van der Waals surface area (Å²) in [5.74, 6) is -2.12. The van der Waals surface area contributed by atoms with Crippen molar-refractivity contribution in [2.75, 3.05) is 11.5 Å². The number of carbonyl (C=O) groups is 2. The number of carboxylic acids is 1. The summed E-state index contributed by atoms with van der Waals surface area (Å²) in [5.41, 5.74) is 0. The molecule has 0 radical (unpaired) electrons. The maximum atomic E-state index is 11.9. The SMILES string of the molecule is CC(=O)N[C@@H](CS(=O)(=O)CCn1ccnc1C)C(=O)O. The number of carboxylic acid groups (broad SMARTS) is 1. The number of aliphatic carboxylic acids is 1. The number of sulfone groups is 1. The van der Waals surface area contributed by atoms with E-state index < -0.39 is 33.5 Å². The van der Waals surface area contributed by atoms with Crippen LogP contribution in [0.5, 0.6) is 0 Å². The third-order valence-electron chi connectivity index (χ3n) is 2.66. The van der Waals surface area contributed by atoms with Crippen LogP contribution in [0.15, 0.2) is 12.4 Å². The van der Waals surface area contributed by atoms with Crippen molar-refractivity contribution >= 4 is 21.7 Å². The number of rotatable bonds is 7. The van der Waals surface area contributed by atoms with Gasteiger partial charge in [0.15, 0.2) is 9.84 Å². The molecule has 1 heterocycles. The molecule has 2 N–H and O–H groups in total. The zero-order valence-corrected chi connectivity index (χ0v) is 12.1. The molecule has 0 unspecified atom stereocenters. The second-order valence-electron chi connectivity index (χ2n) is 4.37. The highest BCUT2D eigenvalue weighted by molar-refractivity contribution is 7.91. The fourth-order valence-electron chi connectivity index (χ4n) is 1.63. The number of hydrogen-bond donors (Lipinski definition) is 2. The van der Waals surface area contributed by atoms with Gasteiger partial charge in [-0.2, -0.15) is 0 Å². The zero-order valence-electron chi connectivity index (χ0n) is 11.2. The van der Waals surface area contributed by atoms with Gasteiger partial charge in [-0.05, 0) is 6.92 Å². The van der Waals surface area contributed by atoms with E-state index in [1.165, 1.54) is 0 Å². The van der Waals surface area contributed by atoms with Crippen LogP contribution >= 0.6 is 0 Å². The molecule has 0 aliphatic rings. The highest BCUT2D eigenvalue weighted by Crippen LogP contribution is 2.01. The molecule has 0 spiro atoms. The van der Waals surface area contributed by atoms with Gasteiger partial charge < -0.3 is 15.0 Å². The Bertz CT molecular complexity index is 593. The fraction of sp³-hybridized carbons (Fsp3) is 0.545. The number of hydrogen-bond acceptors (Lipinski definition) is 5. The molecule has 0 aliphatic heterocycles. The van der Waals surface area contributed by atoms with E-state index in [4.69, 9.17) is 5.11 Å². The molecule has 0 bridgehead atoms. The Morgan fingerprint density at radius 2 is 2.15 bits per heavy atom. The second kappa shape index (κ2) is 6.51. The van der Waals surface area contributed by atoms with Gasteiger partial charge in [0.2, 0.25) is 5.91 Å². The number of nitrogens with zero attached hydrogens (tertiary/aromatic N) is 2. The van der Waals surface area contributed by atoms with E-state index in [0.717, 1.165) is 6.92 Å². The van der Waals surface area contributed by atoms with E-state index in [1.54, 1.807) is 23.9 Å². The summed E-state index contributed by atoms with van der Waals surface area (Å²) >= 11 is 0. The Hall–Kier alpha value is -1.90. The van der Waals surface area contributed by atoms with Gasteiger partial charge in [-0.15, -0.1) is 0 Å². The summed E-state index contributed by atoms with van der Waals surface area (Å²) in [5, 5.41) is 11.0. The second-order valence-corrected chi connectivity index (χ2v) is 6.60. The van der Waals surface area contributed by atoms with Gasteiger partial charge in [0.25, 0.3) is 0 Å². The van der Waals surface area contributed by atoms with E-state index in [2.05, 4.69) is 10.3 Å². The molecule has 0 saturated heterocycles. The van der Waals surface area contributed by atoms with Gasteiger partial charge in [0.1, 0.15) is 11.9 Å². The zero-order chi connectivity index (χ0) is 15.3. The van der Waals surface area contributed by atoms with Crippen LogP contribution < -0.4 is 5.32 Å². The van der Waals surface area contributed by atoms with E-state index >= 15 is 0 Å². The van der Waals surface area contributed by atoms with Crippen LogP contribution in [0, 0.1) is 6.92 Å².